The molecule has 0 saturated carbocycles. The van der Waals surface area contributed by atoms with Gasteiger partial charge in [0.1, 0.15) is 5.82 Å². The Morgan fingerprint density at radius 2 is 2.14 bits per heavy atom. The Morgan fingerprint density at radius 1 is 1.33 bits per heavy atom. The van der Waals surface area contributed by atoms with Gasteiger partial charge in [-0.25, -0.2) is 4.39 Å². The predicted octanol–water partition coefficient (Wildman–Crippen LogP) is 3.81. The Balaban J connectivity index is 1.87. The zero-order valence-electron chi connectivity index (χ0n) is 12.1. The smallest absolute Gasteiger partial charge is 0.124 e. The Morgan fingerprint density at radius 3 is 2.90 bits per heavy atom. The quantitative estimate of drug-likeness (QED) is 0.796. The van der Waals surface area contributed by atoms with Gasteiger partial charge < -0.3 is 5.73 Å². The van der Waals surface area contributed by atoms with Crippen molar-refractivity contribution in [3.63, 3.8) is 0 Å². The SMILES string of the molecule is CCn1nc(C)cc1CC(N)c1cc2ccc(F)cc2s1. The minimum absolute atomic E-state index is 0.0909. The minimum Gasteiger partial charge on any atom is -0.323 e. The molecule has 0 aliphatic carbocycles. The zero-order valence-corrected chi connectivity index (χ0v) is 13.0. The molecule has 0 amide bonds. The van der Waals surface area contributed by atoms with Crippen molar-refractivity contribution in [3.8, 4) is 0 Å². The van der Waals surface area contributed by atoms with Gasteiger partial charge in [0.15, 0.2) is 0 Å². The third-order valence-electron chi connectivity index (χ3n) is 3.58. The lowest BCUT2D eigenvalue weighted by molar-refractivity contribution is 0.590. The maximum absolute atomic E-state index is 13.3. The Bertz CT molecular complexity index is 775. The average Bonchev–Trinajstić information content (AvgIpc) is 3.01. The van der Waals surface area contributed by atoms with Gasteiger partial charge in [0.25, 0.3) is 0 Å². The van der Waals surface area contributed by atoms with Crippen LogP contribution in [0.25, 0.3) is 10.1 Å². The molecular weight excluding hydrogens is 285 g/mol. The number of fused-ring (bicyclic) bond motifs is 1. The lowest BCUT2D eigenvalue weighted by atomic mass is 10.1. The molecule has 5 heteroatoms. The number of halogens is 1. The number of nitrogens with two attached hydrogens (primary N) is 1. The summed E-state index contributed by atoms with van der Waals surface area (Å²) in [5, 5.41) is 5.49. The third kappa shape index (κ3) is 2.84. The Kier molecular flexibility index (Phi) is 3.78. The number of rotatable bonds is 4. The van der Waals surface area contributed by atoms with E-state index in [2.05, 4.69) is 24.2 Å². The van der Waals surface area contributed by atoms with Crippen LogP contribution < -0.4 is 5.73 Å². The molecule has 2 heterocycles. The van der Waals surface area contributed by atoms with Crippen molar-refractivity contribution in [2.45, 2.75) is 32.9 Å². The molecule has 3 nitrogen and oxygen atoms in total. The summed E-state index contributed by atoms with van der Waals surface area (Å²) in [6, 6.07) is 8.90. The van der Waals surface area contributed by atoms with Gasteiger partial charge >= 0.3 is 0 Å². The number of thiophene rings is 1. The maximum atomic E-state index is 13.3. The Hall–Kier alpha value is -1.72. The van der Waals surface area contributed by atoms with E-state index < -0.39 is 0 Å². The molecule has 0 spiro atoms. The summed E-state index contributed by atoms with van der Waals surface area (Å²) >= 11 is 1.56. The van der Waals surface area contributed by atoms with Crippen LogP contribution in [-0.4, -0.2) is 9.78 Å². The van der Waals surface area contributed by atoms with Crippen molar-refractivity contribution in [1.29, 1.82) is 0 Å². The Labute approximate surface area is 127 Å². The molecular formula is C16H18FN3S. The van der Waals surface area contributed by atoms with Crippen LogP contribution >= 0.6 is 11.3 Å². The van der Waals surface area contributed by atoms with E-state index >= 15 is 0 Å². The van der Waals surface area contributed by atoms with Gasteiger partial charge in [-0.3, -0.25) is 4.68 Å². The van der Waals surface area contributed by atoms with Crippen LogP contribution in [0.15, 0.2) is 30.3 Å². The molecule has 0 bridgehead atoms. The summed E-state index contributed by atoms with van der Waals surface area (Å²) in [7, 11) is 0. The van der Waals surface area contributed by atoms with E-state index in [4.69, 9.17) is 5.73 Å². The molecule has 1 atom stereocenters. The van der Waals surface area contributed by atoms with Gasteiger partial charge in [0.2, 0.25) is 0 Å². The van der Waals surface area contributed by atoms with E-state index in [1.807, 2.05) is 11.6 Å². The molecule has 0 radical (unpaired) electrons. The molecule has 2 N–H and O–H groups in total. The first kappa shape index (κ1) is 14.2. The fraction of sp³-hybridized carbons (Fsp3) is 0.312. The van der Waals surface area contributed by atoms with Gasteiger partial charge in [-0.2, -0.15) is 5.10 Å². The molecule has 21 heavy (non-hydrogen) atoms. The fourth-order valence-corrected chi connectivity index (χ4v) is 3.66. The van der Waals surface area contributed by atoms with E-state index in [1.165, 1.54) is 6.07 Å². The number of hydrogen-bond acceptors (Lipinski definition) is 3. The predicted molar refractivity (Wildman–Crippen MR) is 85.1 cm³/mol. The van der Waals surface area contributed by atoms with Crippen molar-refractivity contribution in [2.24, 2.45) is 5.73 Å². The van der Waals surface area contributed by atoms with Gasteiger partial charge in [-0.05, 0) is 43.5 Å². The largest absolute Gasteiger partial charge is 0.323 e. The minimum atomic E-state index is -0.204. The van der Waals surface area contributed by atoms with E-state index in [-0.39, 0.29) is 11.9 Å². The molecule has 1 aromatic carbocycles. The molecule has 0 aliphatic rings. The van der Waals surface area contributed by atoms with Crippen LogP contribution in [0.1, 0.15) is 29.2 Å². The summed E-state index contributed by atoms with van der Waals surface area (Å²) in [6.45, 7) is 4.90. The van der Waals surface area contributed by atoms with Crippen LogP contribution in [-0.2, 0) is 13.0 Å². The highest BCUT2D eigenvalue weighted by molar-refractivity contribution is 7.19. The summed E-state index contributed by atoms with van der Waals surface area (Å²) in [5.74, 6) is -0.204. The van der Waals surface area contributed by atoms with Crippen molar-refractivity contribution in [1.82, 2.24) is 9.78 Å². The van der Waals surface area contributed by atoms with Crippen LogP contribution in [0.3, 0.4) is 0 Å². The lowest BCUT2D eigenvalue weighted by Crippen LogP contribution is -2.15. The van der Waals surface area contributed by atoms with E-state index in [1.54, 1.807) is 23.5 Å². The van der Waals surface area contributed by atoms with Gasteiger partial charge in [0.05, 0.1) is 5.69 Å². The first-order valence-electron chi connectivity index (χ1n) is 7.04. The lowest BCUT2D eigenvalue weighted by Gasteiger charge is -2.10. The van der Waals surface area contributed by atoms with Gasteiger partial charge in [-0.15, -0.1) is 11.3 Å². The van der Waals surface area contributed by atoms with Crippen LogP contribution in [0.4, 0.5) is 4.39 Å². The number of aryl methyl sites for hydroxylation is 2. The second-order valence-corrected chi connectivity index (χ2v) is 6.35. The molecule has 3 rings (SSSR count). The number of benzene rings is 1. The van der Waals surface area contributed by atoms with Gasteiger partial charge in [-0.1, -0.05) is 6.07 Å². The number of nitrogens with zero attached hydrogens (tertiary/aromatic N) is 2. The molecule has 0 fully saturated rings. The second kappa shape index (κ2) is 5.58. The van der Waals surface area contributed by atoms with Crippen LogP contribution in [0, 0.1) is 12.7 Å². The van der Waals surface area contributed by atoms with Crippen LogP contribution in [0.2, 0.25) is 0 Å². The fourth-order valence-electron chi connectivity index (χ4n) is 2.57. The topological polar surface area (TPSA) is 43.8 Å². The second-order valence-electron chi connectivity index (χ2n) is 5.23. The molecule has 0 aliphatic heterocycles. The van der Waals surface area contributed by atoms with E-state index in [9.17, 15) is 4.39 Å². The molecule has 0 saturated heterocycles. The third-order valence-corrected chi connectivity index (χ3v) is 4.81. The van der Waals surface area contributed by atoms with Crippen molar-refractivity contribution < 1.29 is 4.39 Å². The summed E-state index contributed by atoms with van der Waals surface area (Å²) in [6.07, 6.45) is 0.740. The highest BCUT2D eigenvalue weighted by atomic mass is 32.1. The van der Waals surface area contributed by atoms with E-state index in [0.29, 0.717) is 0 Å². The first-order chi connectivity index (χ1) is 10.1. The first-order valence-corrected chi connectivity index (χ1v) is 7.86. The number of hydrogen-bond donors (Lipinski definition) is 1. The standard InChI is InChI=1S/C16H18FN3S/c1-3-20-13(6-10(2)19-20)9-14(18)16-7-11-4-5-12(17)8-15(11)21-16/h4-8,14H,3,9,18H2,1-2H3. The number of aromatic nitrogens is 2. The highest BCUT2D eigenvalue weighted by Crippen LogP contribution is 2.31. The van der Waals surface area contributed by atoms with Crippen LogP contribution in [0.5, 0.6) is 0 Å². The zero-order chi connectivity index (χ0) is 15.0. The molecule has 3 aromatic rings. The molecule has 2 aromatic heterocycles. The normalized spacial score (nSPS) is 13.0. The average molecular weight is 303 g/mol. The summed E-state index contributed by atoms with van der Waals surface area (Å²) in [5.41, 5.74) is 8.49. The summed E-state index contributed by atoms with van der Waals surface area (Å²) < 4.78 is 16.2. The monoisotopic (exact) mass is 303 g/mol. The van der Waals surface area contributed by atoms with E-state index in [0.717, 1.165) is 39.3 Å². The van der Waals surface area contributed by atoms with Crippen molar-refractivity contribution in [3.05, 3.63) is 52.4 Å². The highest BCUT2D eigenvalue weighted by Gasteiger charge is 2.14. The maximum Gasteiger partial charge on any atom is 0.124 e. The van der Waals surface area contributed by atoms with Crippen molar-refractivity contribution >= 4 is 21.4 Å². The van der Waals surface area contributed by atoms with Crippen molar-refractivity contribution in [2.75, 3.05) is 0 Å². The van der Waals surface area contributed by atoms with Gasteiger partial charge in [0, 0.05) is 34.3 Å². The molecule has 110 valence electrons. The summed E-state index contributed by atoms with van der Waals surface area (Å²) in [4.78, 5) is 1.08. The molecule has 1 unspecified atom stereocenters.